The zero-order valence-corrected chi connectivity index (χ0v) is 23.9. The highest BCUT2D eigenvalue weighted by Crippen LogP contribution is 2.43. The molecule has 2 heterocycles. The molecule has 5 rings (SSSR count). The lowest BCUT2D eigenvalue weighted by Crippen LogP contribution is -2.29. The molecule has 0 spiro atoms. The molecule has 0 N–H and O–H groups in total. The number of fused-ring (bicyclic) bond motifs is 2. The van der Waals surface area contributed by atoms with Crippen LogP contribution in [0.4, 0.5) is 5.69 Å². The topological polar surface area (TPSA) is 78.2 Å². The highest BCUT2D eigenvalue weighted by Gasteiger charge is 2.44. The number of hydrogen-bond donors (Lipinski definition) is 0. The Morgan fingerprint density at radius 1 is 0.974 bits per heavy atom. The Morgan fingerprint density at radius 3 is 2.44 bits per heavy atom. The molecule has 202 valence electrons. The van der Waals surface area contributed by atoms with Crippen LogP contribution in [0.2, 0.25) is 0 Å². The Balaban J connectivity index is 1.66. The molecule has 0 saturated heterocycles. The van der Waals surface area contributed by atoms with Crippen molar-refractivity contribution in [2.75, 3.05) is 25.2 Å². The van der Waals surface area contributed by atoms with E-state index in [0.717, 1.165) is 10.9 Å². The number of rotatable bonds is 9. The van der Waals surface area contributed by atoms with Crippen LogP contribution in [0.1, 0.15) is 54.9 Å². The van der Waals surface area contributed by atoms with Gasteiger partial charge < -0.3 is 18.6 Å². The zero-order valence-electron chi connectivity index (χ0n) is 22.3. The SMILES string of the molecule is CCOc1ccc(N2C(=O)c3oc4ccc(Br)cc4c(=O)c3C2c2ccc(OCCC(C)C)c(OC)c2)cc1. The maximum atomic E-state index is 13.9. The summed E-state index contributed by atoms with van der Waals surface area (Å²) in [6.07, 6.45) is 0.907. The summed E-state index contributed by atoms with van der Waals surface area (Å²) in [5.74, 6) is 1.97. The Morgan fingerprint density at radius 2 is 1.74 bits per heavy atom. The van der Waals surface area contributed by atoms with E-state index in [1.165, 1.54) is 0 Å². The molecule has 8 heteroatoms. The van der Waals surface area contributed by atoms with Gasteiger partial charge in [-0.05, 0) is 79.4 Å². The summed E-state index contributed by atoms with van der Waals surface area (Å²) in [5.41, 5.74) is 1.70. The highest BCUT2D eigenvalue weighted by atomic mass is 79.9. The van der Waals surface area contributed by atoms with Gasteiger partial charge in [0.25, 0.3) is 5.91 Å². The van der Waals surface area contributed by atoms with Gasteiger partial charge in [-0.1, -0.05) is 35.8 Å². The first-order chi connectivity index (χ1) is 18.8. The second-order valence-corrected chi connectivity index (χ2v) is 10.7. The number of benzene rings is 3. The average molecular weight is 592 g/mol. The number of carbonyl (C=O) groups excluding carboxylic acids is 1. The third-order valence-corrected chi connectivity index (χ3v) is 7.21. The van der Waals surface area contributed by atoms with Crippen LogP contribution in [0, 0.1) is 5.92 Å². The van der Waals surface area contributed by atoms with Crippen LogP contribution in [-0.4, -0.2) is 26.2 Å². The fraction of sp³-hybridized carbons (Fsp3) is 0.290. The summed E-state index contributed by atoms with van der Waals surface area (Å²) >= 11 is 3.44. The molecule has 1 aromatic heterocycles. The molecule has 7 nitrogen and oxygen atoms in total. The molecule has 0 bridgehead atoms. The predicted octanol–water partition coefficient (Wildman–Crippen LogP) is 7.14. The lowest BCUT2D eigenvalue weighted by atomic mass is 9.97. The fourth-order valence-corrected chi connectivity index (χ4v) is 5.14. The van der Waals surface area contributed by atoms with E-state index < -0.39 is 11.9 Å². The van der Waals surface area contributed by atoms with Crippen molar-refractivity contribution < 1.29 is 23.4 Å². The van der Waals surface area contributed by atoms with E-state index in [1.54, 1.807) is 42.3 Å². The minimum atomic E-state index is -0.733. The zero-order chi connectivity index (χ0) is 27.7. The molecule has 1 unspecified atom stereocenters. The smallest absolute Gasteiger partial charge is 0.295 e. The Labute approximate surface area is 235 Å². The van der Waals surface area contributed by atoms with Gasteiger partial charge in [-0.25, -0.2) is 0 Å². The van der Waals surface area contributed by atoms with Crippen LogP contribution < -0.4 is 24.5 Å². The number of carbonyl (C=O) groups is 1. The van der Waals surface area contributed by atoms with E-state index in [2.05, 4.69) is 29.8 Å². The first kappa shape index (κ1) is 26.8. The number of nitrogens with zero attached hydrogens (tertiary/aromatic N) is 1. The standard InChI is InChI=1S/C31H30BrNO6/c1-5-37-22-10-8-21(9-11-22)33-28(19-6-12-25(26(16-19)36-4)38-15-14-18(2)3)27-29(34)23-17-20(32)7-13-24(23)39-30(27)31(33)35/h6-13,16-18,28H,5,14-15H2,1-4H3. The van der Waals surface area contributed by atoms with E-state index in [4.69, 9.17) is 18.6 Å². The number of halogens is 1. The summed E-state index contributed by atoms with van der Waals surface area (Å²) in [6, 6.07) is 17.2. The van der Waals surface area contributed by atoms with Crippen LogP contribution >= 0.6 is 15.9 Å². The van der Waals surface area contributed by atoms with Crippen LogP contribution in [0.15, 0.2) is 74.3 Å². The number of hydrogen-bond acceptors (Lipinski definition) is 6. The van der Waals surface area contributed by atoms with Gasteiger partial charge in [0.15, 0.2) is 16.9 Å². The first-order valence-corrected chi connectivity index (χ1v) is 13.7. The number of ether oxygens (including phenoxy) is 3. The summed E-state index contributed by atoms with van der Waals surface area (Å²) in [4.78, 5) is 29.4. The van der Waals surface area contributed by atoms with Crippen molar-refractivity contribution in [3.63, 3.8) is 0 Å². The monoisotopic (exact) mass is 591 g/mol. The second kappa shape index (κ2) is 11.1. The molecule has 0 saturated carbocycles. The van der Waals surface area contributed by atoms with Crippen molar-refractivity contribution in [3.05, 3.63) is 92.2 Å². The van der Waals surface area contributed by atoms with Gasteiger partial charge in [-0.3, -0.25) is 14.5 Å². The van der Waals surface area contributed by atoms with Gasteiger partial charge in [-0.15, -0.1) is 0 Å². The van der Waals surface area contributed by atoms with E-state index in [0.29, 0.717) is 58.6 Å². The Hall–Kier alpha value is -3.78. The van der Waals surface area contributed by atoms with Gasteiger partial charge in [0.1, 0.15) is 11.3 Å². The molecule has 4 aromatic rings. The average Bonchev–Trinajstić information content (AvgIpc) is 3.22. The van der Waals surface area contributed by atoms with Crippen molar-refractivity contribution in [1.29, 1.82) is 0 Å². The summed E-state index contributed by atoms with van der Waals surface area (Å²) < 4.78 is 24.1. The number of anilines is 1. The molecular formula is C31H30BrNO6. The van der Waals surface area contributed by atoms with Gasteiger partial charge in [-0.2, -0.15) is 0 Å². The van der Waals surface area contributed by atoms with Crippen molar-refractivity contribution in [2.24, 2.45) is 5.92 Å². The third kappa shape index (κ3) is 5.13. The van der Waals surface area contributed by atoms with Crippen LogP contribution in [-0.2, 0) is 0 Å². The Bertz CT molecular complexity index is 1580. The summed E-state index contributed by atoms with van der Waals surface area (Å²) in [6.45, 7) is 7.28. The maximum absolute atomic E-state index is 13.9. The normalized spacial score (nSPS) is 14.7. The van der Waals surface area contributed by atoms with Crippen molar-refractivity contribution >= 4 is 38.5 Å². The highest BCUT2D eigenvalue weighted by molar-refractivity contribution is 9.10. The molecule has 1 aliphatic heterocycles. The van der Waals surface area contributed by atoms with Gasteiger partial charge in [0.05, 0.1) is 37.3 Å². The minimum Gasteiger partial charge on any atom is -0.494 e. The molecule has 1 amide bonds. The lowest BCUT2D eigenvalue weighted by molar-refractivity contribution is 0.0971. The quantitative estimate of drug-likeness (QED) is 0.206. The van der Waals surface area contributed by atoms with Crippen molar-refractivity contribution in [2.45, 2.75) is 33.2 Å². The summed E-state index contributed by atoms with van der Waals surface area (Å²) in [7, 11) is 1.58. The minimum absolute atomic E-state index is 0.0323. The van der Waals surface area contributed by atoms with Gasteiger partial charge >= 0.3 is 0 Å². The molecular weight excluding hydrogens is 562 g/mol. The first-order valence-electron chi connectivity index (χ1n) is 13.0. The molecule has 3 aromatic carbocycles. The fourth-order valence-electron chi connectivity index (χ4n) is 4.77. The van der Waals surface area contributed by atoms with Crippen molar-refractivity contribution in [1.82, 2.24) is 0 Å². The van der Waals surface area contributed by atoms with E-state index in [-0.39, 0.29) is 16.8 Å². The van der Waals surface area contributed by atoms with E-state index in [1.807, 2.05) is 37.3 Å². The summed E-state index contributed by atoms with van der Waals surface area (Å²) in [5, 5.41) is 0.398. The Kier molecular flexibility index (Phi) is 7.66. The van der Waals surface area contributed by atoms with Crippen molar-refractivity contribution in [3.8, 4) is 17.2 Å². The molecule has 39 heavy (non-hydrogen) atoms. The molecule has 1 atom stereocenters. The molecule has 1 aliphatic rings. The molecule has 0 fully saturated rings. The number of methoxy groups -OCH3 is 1. The van der Waals surface area contributed by atoms with Gasteiger partial charge in [0.2, 0.25) is 5.76 Å². The third-order valence-electron chi connectivity index (χ3n) is 6.71. The van der Waals surface area contributed by atoms with Crippen LogP contribution in [0.3, 0.4) is 0 Å². The predicted molar refractivity (Wildman–Crippen MR) is 154 cm³/mol. The lowest BCUT2D eigenvalue weighted by Gasteiger charge is -2.26. The van der Waals surface area contributed by atoms with Crippen LogP contribution in [0.25, 0.3) is 11.0 Å². The van der Waals surface area contributed by atoms with E-state index in [9.17, 15) is 9.59 Å². The molecule has 0 aliphatic carbocycles. The van der Waals surface area contributed by atoms with Gasteiger partial charge in [0, 0.05) is 10.2 Å². The van der Waals surface area contributed by atoms with E-state index >= 15 is 0 Å². The maximum Gasteiger partial charge on any atom is 0.295 e. The second-order valence-electron chi connectivity index (χ2n) is 9.76. The molecule has 0 radical (unpaired) electrons. The largest absolute Gasteiger partial charge is 0.494 e. The van der Waals surface area contributed by atoms with Crippen LogP contribution in [0.5, 0.6) is 17.2 Å². The number of amides is 1.